The first kappa shape index (κ1) is 18.9. The molecular formula is C17H23F5. The number of benzene rings is 1. The Morgan fingerprint density at radius 3 is 1.14 bits per heavy atom. The predicted molar refractivity (Wildman–Crippen MR) is 77.8 cm³/mol. The van der Waals surface area contributed by atoms with Crippen molar-refractivity contribution >= 4 is 0 Å². The van der Waals surface area contributed by atoms with Crippen LogP contribution in [-0.2, 0) is 10.8 Å². The molecule has 0 nitrogen and oxygen atoms in total. The molecule has 0 heterocycles. The lowest BCUT2D eigenvalue weighted by Crippen LogP contribution is -2.31. The van der Waals surface area contributed by atoms with Gasteiger partial charge in [-0.25, -0.2) is 17.6 Å². The van der Waals surface area contributed by atoms with Crippen LogP contribution in [0.25, 0.3) is 0 Å². The Labute approximate surface area is 128 Å². The number of hydrogen-bond acceptors (Lipinski definition) is 0. The van der Waals surface area contributed by atoms with E-state index < -0.39 is 51.9 Å². The van der Waals surface area contributed by atoms with Crippen LogP contribution in [0, 0.1) is 23.3 Å². The summed E-state index contributed by atoms with van der Waals surface area (Å²) < 4.78 is 71.0. The number of rotatable bonds is 6. The van der Waals surface area contributed by atoms with Gasteiger partial charge in [0.15, 0.2) is 23.3 Å². The number of alkyl halides is 1. The molecule has 1 atom stereocenters. The average Bonchev–Trinajstić information content (AvgIpc) is 2.52. The van der Waals surface area contributed by atoms with Gasteiger partial charge in [0.2, 0.25) is 0 Å². The minimum absolute atomic E-state index is 0.0222. The van der Waals surface area contributed by atoms with E-state index in [0.717, 1.165) is 0 Å². The summed E-state index contributed by atoms with van der Waals surface area (Å²) in [4.78, 5) is 0. The van der Waals surface area contributed by atoms with E-state index in [1.807, 2.05) is 0 Å². The summed E-state index contributed by atoms with van der Waals surface area (Å²) >= 11 is 0. The summed E-state index contributed by atoms with van der Waals surface area (Å²) in [6.07, 6.45) is 0.668. The number of hydrogen-bond donors (Lipinski definition) is 0. The summed E-state index contributed by atoms with van der Waals surface area (Å²) in [5, 5.41) is 0. The fraction of sp³-hybridized carbons (Fsp3) is 0.647. The molecule has 5 heteroatoms. The van der Waals surface area contributed by atoms with E-state index in [2.05, 4.69) is 0 Å². The lowest BCUT2D eigenvalue weighted by atomic mass is 9.74. The van der Waals surface area contributed by atoms with Gasteiger partial charge in [-0.05, 0) is 24.7 Å². The SMILES string of the molecule is CCC(C)(CC)c1c(F)c(F)c(C(C)(CC)CF)c(F)c1F. The van der Waals surface area contributed by atoms with E-state index in [1.54, 1.807) is 20.8 Å². The molecule has 0 bridgehead atoms. The molecule has 1 rings (SSSR count). The van der Waals surface area contributed by atoms with Gasteiger partial charge in [0.1, 0.15) is 0 Å². The minimum Gasteiger partial charge on any atom is -0.250 e. The van der Waals surface area contributed by atoms with Gasteiger partial charge in [-0.15, -0.1) is 0 Å². The van der Waals surface area contributed by atoms with Gasteiger partial charge in [-0.3, -0.25) is 4.39 Å². The van der Waals surface area contributed by atoms with Crippen molar-refractivity contribution in [2.24, 2.45) is 0 Å². The lowest BCUT2D eigenvalue weighted by Gasteiger charge is -2.32. The van der Waals surface area contributed by atoms with Crippen molar-refractivity contribution < 1.29 is 22.0 Å². The zero-order valence-electron chi connectivity index (χ0n) is 13.7. The molecule has 0 aliphatic heterocycles. The molecule has 0 N–H and O–H groups in total. The second-order valence-corrected chi connectivity index (χ2v) is 6.32. The van der Waals surface area contributed by atoms with Crippen LogP contribution in [0.15, 0.2) is 0 Å². The Kier molecular flexibility index (Phi) is 5.63. The topological polar surface area (TPSA) is 0 Å². The smallest absolute Gasteiger partial charge is 0.166 e. The maximum atomic E-state index is 14.5. The Morgan fingerprint density at radius 2 is 0.909 bits per heavy atom. The van der Waals surface area contributed by atoms with Gasteiger partial charge < -0.3 is 0 Å². The van der Waals surface area contributed by atoms with Crippen molar-refractivity contribution in [2.45, 2.75) is 64.7 Å². The summed E-state index contributed by atoms with van der Waals surface area (Å²) in [7, 11) is 0. The standard InChI is InChI=1S/C17H23F5/c1-6-16(4,7-2)10-12(19)14(21)11(15(22)13(10)20)17(5,8-3)9-18/h6-9H2,1-5H3. The van der Waals surface area contributed by atoms with Crippen molar-refractivity contribution in [3.8, 4) is 0 Å². The van der Waals surface area contributed by atoms with Crippen molar-refractivity contribution in [1.29, 1.82) is 0 Å². The summed E-state index contributed by atoms with van der Waals surface area (Å²) in [5.41, 5.74) is -4.05. The molecule has 22 heavy (non-hydrogen) atoms. The van der Waals surface area contributed by atoms with E-state index in [1.165, 1.54) is 13.8 Å². The zero-order chi connectivity index (χ0) is 17.3. The second kappa shape index (κ2) is 6.55. The van der Waals surface area contributed by atoms with Crippen molar-refractivity contribution in [2.75, 3.05) is 6.67 Å². The molecule has 0 spiro atoms. The fourth-order valence-corrected chi connectivity index (χ4v) is 2.63. The summed E-state index contributed by atoms with van der Waals surface area (Å²) in [6.45, 7) is 6.62. The molecule has 0 amide bonds. The normalized spacial score (nSPS) is 15.0. The predicted octanol–water partition coefficient (Wildman–Crippen LogP) is 5.96. The first-order valence-corrected chi connectivity index (χ1v) is 7.56. The third-order valence-corrected chi connectivity index (χ3v) is 5.11. The van der Waals surface area contributed by atoms with Crippen LogP contribution in [-0.4, -0.2) is 6.67 Å². The van der Waals surface area contributed by atoms with Crippen LogP contribution >= 0.6 is 0 Å². The van der Waals surface area contributed by atoms with Gasteiger partial charge in [0.05, 0.1) is 6.67 Å². The molecule has 0 saturated heterocycles. The minimum atomic E-state index is -1.59. The van der Waals surface area contributed by atoms with Gasteiger partial charge in [0, 0.05) is 16.5 Å². The van der Waals surface area contributed by atoms with E-state index in [-0.39, 0.29) is 6.42 Å². The Morgan fingerprint density at radius 1 is 0.636 bits per heavy atom. The van der Waals surface area contributed by atoms with Gasteiger partial charge in [0.25, 0.3) is 0 Å². The largest absolute Gasteiger partial charge is 0.250 e. The molecule has 0 aliphatic carbocycles. The summed E-state index contributed by atoms with van der Waals surface area (Å²) in [5.74, 6) is -5.78. The monoisotopic (exact) mass is 322 g/mol. The van der Waals surface area contributed by atoms with E-state index >= 15 is 0 Å². The molecule has 1 aromatic rings. The molecule has 1 unspecified atom stereocenters. The van der Waals surface area contributed by atoms with Gasteiger partial charge >= 0.3 is 0 Å². The number of halogens is 5. The highest BCUT2D eigenvalue weighted by Gasteiger charge is 2.40. The highest BCUT2D eigenvalue weighted by Crippen LogP contribution is 2.41. The second-order valence-electron chi connectivity index (χ2n) is 6.32. The molecule has 0 fully saturated rings. The van der Waals surface area contributed by atoms with Gasteiger partial charge in [-0.1, -0.05) is 34.6 Å². The van der Waals surface area contributed by atoms with E-state index in [0.29, 0.717) is 12.8 Å². The van der Waals surface area contributed by atoms with Crippen LogP contribution < -0.4 is 0 Å². The molecule has 0 aromatic heterocycles. The highest BCUT2D eigenvalue weighted by atomic mass is 19.2. The van der Waals surface area contributed by atoms with Crippen molar-refractivity contribution in [3.63, 3.8) is 0 Å². The van der Waals surface area contributed by atoms with Crippen LogP contribution in [0.1, 0.15) is 65.0 Å². The molecule has 0 aliphatic rings. The van der Waals surface area contributed by atoms with Gasteiger partial charge in [-0.2, -0.15) is 0 Å². The fourth-order valence-electron chi connectivity index (χ4n) is 2.63. The third kappa shape index (κ3) is 2.74. The van der Waals surface area contributed by atoms with Crippen LogP contribution in [0.4, 0.5) is 22.0 Å². The molecular weight excluding hydrogens is 299 g/mol. The first-order valence-electron chi connectivity index (χ1n) is 7.56. The highest BCUT2D eigenvalue weighted by molar-refractivity contribution is 5.38. The van der Waals surface area contributed by atoms with E-state index in [9.17, 15) is 22.0 Å². The average molecular weight is 322 g/mol. The maximum absolute atomic E-state index is 14.5. The molecule has 0 radical (unpaired) electrons. The first-order chi connectivity index (χ1) is 10.1. The van der Waals surface area contributed by atoms with E-state index in [4.69, 9.17) is 0 Å². The molecule has 126 valence electrons. The third-order valence-electron chi connectivity index (χ3n) is 5.11. The zero-order valence-corrected chi connectivity index (χ0v) is 13.7. The Hall–Kier alpha value is -1.13. The van der Waals surface area contributed by atoms with Crippen molar-refractivity contribution in [1.82, 2.24) is 0 Å². The van der Waals surface area contributed by atoms with Crippen LogP contribution in [0.5, 0.6) is 0 Å². The summed E-state index contributed by atoms with van der Waals surface area (Å²) in [6, 6.07) is 0. The lowest BCUT2D eigenvalue weighted by molar-refractivity contribution is 0.282. The Balaban J connectivity index is 3.80. The Bertz CT molecular complexity index is 464. The molecule has 0 saturated carbocycles. The maximum Gasteiger partial charge on any atom is 0.166 e. The van der Waals surface area contributed by atoms with Crippen molar-refractivity contribution in [3.05, 3.63) is 34.4 Å². The van der Waals surface area contributed by atoms with Crippen LogP contribution in [0.3, 0.4) is 0 Å². The molecule has 1 aromatic carbocycles. The van der Waals surface area contributed by atoms with Crippen LogP contribution in [0.2, 0.25) is 0 Å². The quantitative estimate of drug-likeness (QED) is 0.448.